The molecule has 1 N–H and O–H groups in total. The van der Waals surface area contributed by atoms with Gasteiger partial charge in [-0.2, -0.15) is 0 Å². The lowest BCUT2D eigenvalue weighted by Crippen LogP contribution is -2.22. The van der Waals surface area contributed by atoms with Crippen LogP contribution in [0.15, 0.2) is 36.0 Å². The molecule has 0 atom stereocenters. The van der Waals surface area contributed by atoms with Crippen LogP contribution in [-0.4, -0.2) is 41.1 Å². The minimum atomic E-state index is -0.858. The molecule has 0 saturated heterocycles. The van der Waals surface area contributed by atoms with Gasteiger partial charge in [-0.25, -0.2) is 4.79 Å². The van der Waals surface area contributed by atoms with Crippen molar-refractivity contribution in [2.24, 2.45) is 0 Å². The van der Waals surface area contributed by atoms with Crippen molar-refractivity contribution in [2.75, 3.05) is 20.1 Å². The predicted octanol–water partition coefficient (Wildman–Crippen LogP) is 1.59. The van der Waals surface area contributed by atoms with E-state index in [1.165, 1.54) is 0 Å². The summed E-state index contributed by atoms with van der Waals surface area (Å²) in [5, 5.41) is 8.71. The number of aliphatic carboxylic acids is 1. The molecule has 92 valence electrons. The Morgan fingerprint density at radius 2 is 2.29 bits per heavy atom. The topological polar surface area (TPSA) is 53.4 Å². The third-order valence-corrected chi connectivity index (χ3v) is 2.52. The van der Waals surface area contributed by atoms with E-state index in [1.807, 2.05) is 25.2 Å². The number of rotatable bonds is 6. The van der Waals surface area contributed by atoms with Gasteiger partial charge in [0, 0.05) is 37.0 Å². The summed E-state index contributed by atoms with van der Waals surface area (Å²) in [7, 11) is 1.97. The van der Waals surface area contributed by atoms with Crippen LogP contribution in [-0.2, 0) is 11.2 Å². The molecule has 0 saturated carbocycles. The number of carboxylic acids is 1. The molecule has 17 heavy (non-hydrogen) atoms. The molecule has 1 aromatic rings. The van der Waals surface area contributed by atoms with Crippen molar-refractivity contribution >= 4 is 5.97 Å². The second-order valence-electron chi connectivity index (χ2n) is 4.03. The van der Waals surface area contributed by atoms with Crippen molar-refractivity contribution in [3.05, 3.63) is 41.7 Å². The van der Waals surface area contributed by atoms with E-state index in [0.29, 0.717) is 12.1 Å². The summed E-state index contributed by atoms with van der Waals surface area (Å²) in [6, 6.07) is 5.86. The largest absolute Gasteiger partial charge is 0.478 e. The molecule has 0 bridgehead atoms. The highest BCUT2D eigenvalue weighted by atomic mass is 16.4. The van der Waals surface area contributed by atoms with E-state index < -0.39 is 5.97 Å². The summed E-state index contributed by atoms with van der Waals surface area (Å²) in [6.45, 7) is 3.11. The summed E-state index contributed by atoms with van der Waals surface area (Å²) in [6.07, 6.45) is 4.38. The van der Waals surface area contributed by atoms with Gasteiger partial charge >= 0.3 is 5.97 Å². The van der Waals surface area contributed by atoms with Crippen LogP contribution in [0.25, 0.3) is 0 Å². The molecule has 4 nitrogen and oxygen atoms in total. The number of carboxylic acid groups (broad SMARTS) is 1. The van der Waals surface area contributed by atoms with Gasteiger partial charge in [0.2, 0.25) is 0 Å². The highest BCUT2D eigenvalue weighted by Crippen LogP contribution is 1.98. The first kappa shape index (κ1) is 13.4. The number of hydrogen-bond acceptors (Lipinski definition) is 3. The summed E-state index contributed by atoms with van der Waals surface area (Å²) in [5.74, 6) is -0.858. The van der Waals surface area contributed by atoms with Crippen molar-refractivity contribution in [1.29, 1.82) is 0 Å². The van der Waals surface area contributed by atoms with Crippen molar-refractivity contribution in [3.8, 4) is 0 Å². The average molecular weight is 234 g/mol. The maximum absolute atomic E-state index is 10.6. The summed E-state index contributed by atoms with van der Waals surface area (Å²) in [5.41, 5.74) is 1.44. The van der Waals surface area contributed by atoms with Crippen molar-refractivity contribution in [3.63, 3.8) is 0 Å². The number of nitrogens with zero attached hydrogens (tertiary/aromatic N) is 2. The van der Waals surface area contributed by atoms with Gasteiger partial charge in [-0.15, -0.1) is 0 Å². The van der Waals surface area contributed by atoms with E-state index in [1.54, 1.807) is 19.2 Å². The predicted molar refractivity (Wildman–Crippen MR) is 66.8 cm³/mol. The van der Waals surface area contributed by atoms with Crippen LogP contribution in [0, 0.1) is 0 Å². The van der Waals surface area contributed by atoms with E-state index in [0.717, 1.165) is 18.7 Å². The second-order valence-corrected chi connectivity index (χ2v) is 4.03. The number of likely N-dealkylation sites (N-methyl/N-ethyl adjacent to an activating group) is 1. The summed E-state index contributed by atoms with van der Waals surface area (Å²) >= 11 is 0. The molecule has 0 aliphatic rings. The molecule has 0 fully saturated rings. The molecule has 1 rings (SSSR count). The molecule has 1 aromatic heterocycles. The van der Waals surface area contributed by atoms with Gasteiger partial charge in [0.15, 0.2) is 0 Å². The van der Waals surface area contributed by atoms with Gasteiger partial charge in [0.1, 0.15) is 0 Å². The average Bonchev–Trinajstić information content (AvgIpc) is 2.34. The molecule has 1 heterocycles. The number of carbonyl (C=O) groups is 1. The van der Waals surface area contributed by atoms with Crippen LogP contribution in [0.2, 0.25) is 0 Å². The Morgan fingerprint density at radius 3 is 2.88 bits per heavy atom. The smallest absolute Gasteiger partial charge is 0.330 e. The Balaban J connectivity index is 2.33. The van der Waals surface area contributed by atoms with E-state index in [2.05, 4.69) is 9.88 Å². The minimum Gasteiger partial charge on any atom is -0.478 e. The Morgan fingerprint density at radius 1 is 1.53 bits per heavy atom. The van der Waals surface area contributed by atoms with Crippen molar-refractivity contribution in [2.45, 2.75) is 13.3 Å². The lowest BCUT2D eigenvalue weighted by Gasteiger charge is -2.13. The first-order chi connectivity index (χ1) is 8.09. The van der Waals surface area contributed by atoms with Crippen LogP contribution < -0.4 is 0 Å². The molecule has 0 aliphatic heterocycles. The van der Waals surface area contributed by atoms with Crippen LogP contribution in [0.1, 0.15) is 12.6 Å². The van der Waals surface area contributed by atoms with Gasteiger partial charge in [0.25, 0.3) is 0 Å². The first-order valence-electron chi connectivity index (χ1n) is 5.58. The van der Waals surface area contributed by atoms with Crippen LogP contribution in [0.5, 0.6) is 0 Å². The van der Waals surface area contributed by atoms with Gasteiger partial charge in [-0.1, -0.05) is 12.1 Å². The first-order valence-corrected chi connectivity index (χ1v) is 5.58. The minimum absolute atomic E-state index is 0.384. The second kappa shape index (κ2) is 6.81. The summed E-state index contributed by atoms with van der Waals surface area (Å²) < 4.78 is 0. The third kappa shape index (κ3) is 5.26. The van der Waals surface area contributed by atoms with Gasteiger partial charge < -0.3 is 10.0 Å². The summed E-state index contributed by atoms with van der Waals surface area (Å²) in [4.78, 5) is 16.9. The van der Waals surface area contributed by atoms with Gasteiger partial charge in [-0.05, 0) is 26.1 Å². The standard InChI is InChI=1S/C13H18N2O2/c1-11(13(16)17)6-9-15(2)10-7-12-5-3-4-8-14-12/h3-6,8H,7,9-10H2,1-2H3,(H,16,17). The monoisotopic (exact) mass is 234 g/mol. The fourth-order valence-electron chi connectivity index (χ4n) is 1.32. The molecule has 0 aliphatic carbocycles. The molecule has 0 amide bonds. The highest BCUT2D eigenvalue weighted by molar-refractivity contribution is 5.85. The SMILES string of the molecule is CC(=CCN(C)CCc1ccccn1)C(=O)O. The Bertz CT molecular complexity index is 388. The quantitative estimate of drug-likeness (QED) is 0.759. The zero-order valence-corrected chi connectivity index (χ0v) is 10.3. The molecular weight excluding hydrogens is 216 g/mol. The normalized spacial score (nSPS) is 11.8. The number of aromatic nitrogens is 1. The number of hydrogen-bond donors (Lipinski definition) is 1. The Hall–Kier alpha value is -1.68. The van der Waals surface area contributed by atoms with E-state index in [-0.39, 0.29) is 0 Å². The van der Waals surface area contributed by atoms with Crippen LogP contribution in [0.4, 0.5) is 0 Å². The molecular formula is C13H18N2O2. The fourth-order valence-corrected chi connectivity index (χ4v) is 1.32. The molecule has 0 spiro atoms. The van der Waals surface area contributed by atoms with Crippen LogP contribution in [0.3, 0.4) is 0 Å². The lowest BCUT2D eigenvalue weighted by molar-refractivity contribution is -0.132. The Kier molecular flexibility index (Phi) is 5.36. The van der Waals surface area contributed by atoms with Gasteiger partial charge in [0.05, 0.1) is 0 Å². The highest BCUT2D eigenvalue weighted by Gasteiger charge is 2.01. The maximum atomic E-state index is 10.6. The number of pyridine rings is 1. The van der Waals surface area contributed by atoms with Crippen molar-refractivity contribution < 1.29 is 9.90 Å². The fraction of sp³-hybridized carbons (Fsp3) is 0.385. The molecule has 0 radical (unpaired) electrons. The van der Waals surface area contributed by atoms with Crippen molar-refractivity contribution in [1.82, 2.24) is 9.88 Å². The van der Waals surface area contributed by atoms with Crippen LogP contribution >= 0.6 is 0 Å². The maximum Gasteiger partial charge on any atom is 0.330 e. The van der Waals surface area contributed by atoms with Gasteiger partial charge in [-0.3, -0.25) is 4.98 Å². The molecule has 4 heteroatoms. The van der Waals surface area contributed by atoms with E-state index >= 15 is 0 Å². The van der Waals surface area contributed by atoms with E-state index in [4.69, 9.17) is 5.11 Å². The Labute approximate surface area is 102 Å². The third-order valence-electron chi connectivity index (χ3n) is 2.52. The molecule has 0 unspecified atom stereocenters. The molecule has 0 aromatic carbocycles. The zero-order valence-electron chi connectivity index (χ0n) is 10.3. The van der Waals surface area contributed by atoms with E-state index in [9.17, 15) is 4.79 Å². The lowest BCUT2D eigenvalue weighted by atomic mass is 10.2. The zero-order chi connectivity index (χ0) is 12.7.